The van der Waals surface area contributed by atoms with E-state index < -0.39 is 66.2 Å². The van der Waals surface area contributed by atoms with E-state index in [0.29, 0.717) is 0 Å². The van der Waals surface area contributed by atoms with Crippen LogP contribution in [0.1, 0.15) is 46.1 Å². The monoisotopic (exact) mass is 492 g/mol. The highest BCUT2D eigenvalue weighted by Gasteiger charge is 2.32. The summed E-state index contributed by atoms with van der Waals surface area (Å²) in [4.78, 5) is 60.7. The second-order valence-corrected chi connectivity index (χ2v) is 9.21. The number of nitrogens with two attached hydrogens (primary N) is 1. The van der Waals surface area contributed by atoms with Gasteiger partial charge in [0.2, 0.25) is 17.7 Å². The molecule has 0 aromatic heterocycles. The zero-order valence-electron chi connectivity index (χ0n) is 20.5. The molecule has 1 rings (SSSR count). The van der Waals surface area contributed by atoms with E-state index in [9.17, 15) is 29.1 Å². The molecule has 0 aliphatic rings. The Balaban J connectivity index is 2.93. The Kier molecular flexibility index (Phi) is 11.9. The summed E-state index contributed by atoms with van der Waals surface area (Å²) in [7, 11) is 0. The molecule has 0 aliphatic carbocycles. The fourth-order valence-electron chi connectivity index (χ4n) is 3.37. The molecule has 3 amide bonds. The Labute approximate surface area is 204 Å². The highest BCUT2D eigenvalue weighted by molar-refractivity contribution is 5.94. The van der Waals surface area contributed by atoms with E-state index in [1.165, 1.54) is 0 Å². The summed E-state index contributed by atoms with van der Waals surface area (Å²) in [5.41, 5.74) is 6.90. The summed E-state index contributed by atoms with van der Waals surface area (Å²) >= 11 is 0. The summed E-state index contributed by atoms with van der Waals surface area (Å²) in [6.45, 7) is 7.02. The van der Waals surface area contributed by atoms with Crippen LogP contribution in [-0.2, 0) is 30.4 Å². The Hall–Kier alpha value is -3.47. The first-order chi connectivity index (χ1) is 16.3. The fraction of sp³-hybridized carbons (Fsp3) is 0.542. The van der Waals surface area contributed by atoms with E-state index in [0.717, 1.165) is 5.56 Å². The molecule has 1 aromatic rings. The number of carbonyl (C=O) groups excluding carboxylic acids is 3. The van der Waals surface area contributed by atoms with Gasteiger partial charge in [-0.25, -0.2) is 4.79 Å². The van der Waals surface area contributed by atoms with Crippen molar-refractivity contribution in [2.24, 2.45) is 17.6 Å². The van der Waals surface area contributed by atoms with Crippen LogP contribution in [0.15, 0.2) is 30.3 Å². The lowest BCUT2D eigenvalue weighted by Crippen LogP contribution is -2.58. The van der Waals surface area contributed by atoms with E-state index in [-0.39, 0.29) is 18.8 Å². The third-order valence-corrected chi connectivity index (χ3v) is 5.22. The van der Waals surface area contributed by atoms with Gasteiger partial charge in [0.15, 0.2) is 0 Å². The first kappa shape index (κ1) is 29.6. The zero-order valence-corrected chi connectivity index (χ0v) is 20.5. The van der Waals surface area contributed by atoms with Gasteiger partial charge in [0.1, 0.15) is 18.1 Å². The number of benzene rings is 1. The number of amides is 3. The molecule has 7 N–H and O–H groups in total. The maximum atomic E-state index is 13.1. The van der Waals surface area contributed by atoms with Gasteiger partial charge in [-0.05, 0) is 30.2 Å². The molecule has 11 nitrogen and oxygen atoms in total. The number of nitrogens with one attached hydrogen (secondary N) is 3. The van der Waals surface area contributed by atoms with Gasteiger partial charge in [-0.15, -0.1) is 0 Å². The molecular weight excluding hydrogens is 456 g/mol. The lowest BCUT2D eigenvalue weighted by atomic mass is 9.99. The molecule has 0 saturated carbocycles. The topological polar surface area (TPSA) is 188 Å². The predicted octanol–water partition coefficient (Wildman–Crippen LogP) is 0.272. The molecule has 0 bridgehead atoms. The first-order valence-corrected chi connectivity index (χ1v) is 11.5. The summed E-state index contributed by atoms with van der Waals surface area (Å²) in [5, 5.41) is 25.5. The van der Waals surface area contributed by atoms with Crippen molar-refractivity contribution < 1.29 is 34.2 Å². The van der Waals surface area contributed by atoms with Crippen molar-refractivity contribution in [2.45, 2.75) is 71.1 Å². The van der Waals surface area contributed by atoms with Crippen LogP contribution in [0.5, 0.6) is 0 Å². The molecular formula is C24H36N4O7. The van der Waals surface area contributed by atoms with Gasteiger partial charge in [-0.2, -0.15) is 0 Å². The van der Waals surface area contributed by atoms with Gasteiger partial charge in [0, 0.05) is 0 Å². The summed E-state index contributed by atoms with van der Waals surface area (Å²) in [6, 6.07) is 4.51. The van der Waals surface area contributed by atoms with Crippen LogP contribution in [0.4, 0.5) is 0 Å². The molecule has 4 unspecified atom stereocenters. The van der Waals surface area contributed by atoms with Crippen LogP contribution < -0.4 is 21.7 Å². The van der Waals surface area contributed by atoms with Gasteiger partial charge < -0.3 is 31.9 Å². The Morgan fingerprint density at radius 1 is 0.829 bits per heavy atom. The SMILES string of the molecule is CC(C)CC(NC(=O)C(N)Cc1ccccc1)C(=O)NC(C(=O)NC(CC(=O)O)C(=O)O)C(C)C. The maximum Gasteiger partial charge on any atom is 0.326 e. The lowest BCUT2D eigenvalue weighted by molar-refractivity contribution is -0.147. The average Bonchev–Trinajstić information content (AvgIpc) is 2.75. The molecule has 194 valence electrons. The molecule has 0 saturated heterocycles. The van der Waals surface area contributed by atoms with E-state index in [2.05, 4.69) is 16.0 Å². The van der Waals surface area contributed by atoms with Crippen LogP contribution in [0, 0.1) is 11.8 Å². The van der Waals surface area contributed by atoms with Crippen LogP contribution in [0.3, 0.4) is 0 Å². The van der Waals surface area contributed by atoms with Gasteiger partial charge in [-0.1, -0.05) is 58.0 Å². The van der Waals surface area contributed by atoms with Crippen LogP contribution in [0.25, 0.3) is 0 Å². The Bertz CT molecular complexity index is 889. The van der Waals surface area contributed by atoms with Crippen molar-refractivity contribution >= 4 is 29.7 Å². The number of carbonyl (C=O) groups is 5. The molecule has 0 spiro atoms. The molecule has 4 atom stereocenters. The van der Waals surface area contributed by atoms with E-state index >= 15 is 0 Å². The van der Waals surface area contributed by atoms with Crippen molar-refractivity contribution in [1.82, 2.24) is 16.0 Å². The summed E-state index contributed by atoms with van der Waals surface area (Å²) < 4.78 is 0. The van der Waals surface area contributed by atoms with Crippen molar-refractivity contribution in [3.8, 4) is 0 Å². The Morgan fingerprint density at radius 2 is 1.40 bits per heavy atom. The zero-order chi connectivity index (χ0) is 26.7. The van der Waals surface area contributed by atoms with Crippen molar-refractivity contribution in [1.29, 1.82) is 0 Å². The number of hydrogen-bond donors (Lipinski definition) is 6. The fourth-order valence-corrected chi connectivity index (χ4v) is 3.37. The highest BCUT2D eigenvalue weighted by atomic mass is 16.4. The van der Waals surface area contributed by atoms with Crippen molar-refractivity contribution in [3.63, 3.8) is 0 Å². The second kappa shape index (κ2) is 14.1. The van der Waals surface area contributed by atoms with Crippen molar-refractivity contribution in [3.05, 3.63) is 35.9 Å². The minimum absolute atomic E-state index is 0.0229. The molecule has 0 aliphatic heterocycles. The average molecular weight is 493 g/mol. The minimum Gasteiger partial charge on any atom is -0.481 e. The lowest BCUT2D eigenvalue weighted by Gasteiger charge is -2.27. The Morgan fingerprint density at radius 3 is 1.89 bits per heavy atom. The van der Waals surface area contributed by atoms with Crippen LogP contribution in [0.2, 0.25) is 0 Å². The summed E-state index contributed by atoms with van der Waals surface area (Å²) in [6.07, 6.45) is -0.260. The highest BCUT2D eigenvalue weighted by Crippen LogP contribution is 2.10. The predicted molar refractivity (Wildman–Crippen MR) is 128 cm³/mol. The van der Waals surface area contributed by atoms with Crippen molar-refractivity contribution in [2.75, 3.05) is 0 Å². The van der Waals surface area contributed by atoms with Crippen LogP contribution in [-0.4, -0.2) is 64.0 Å². The van der Waals surface area contributed by atoms with Gasteiger partial charge >= 0.3 is 11.9 Å². The minimum atomic E-state index is -1.65. The second-order valence-electron chi connectivity index (χ2n) is 9.21. The van der Waals surface area contributed by atoms with E-state index in [1.54, 1.807) is 13.8 Å². The van der Waals surface area contributed by atoms with E-state index in [1.807, 2.05) is 44.2 Å². The molecule has 0 radical (unpaired) electrons. The molecule has 1 aromatic carbocycles. The smallest absolute Gasteiger partial charge is 0.326 e. The quantitative estimate of drug-likeness (QED) is 0.213. The number of carboxylic acids is 2. The number of hydrogen-bond acceptors (Lipinski definition) is 6. The molecule has 11 heteroatoms. The third kappa shape index (κ3) is 10.6. The normalized spacial score (nSPS) is 14.5. The van der Waals surface area contributed by atoms with Gasteiger partial charge in [-0.3, -0.25) is 19.2 Å². The number of aliphatic carboxylic acids is 2. The van der Waals surface area contributed by atoms with Gasteiger partial charge in [0.05, 0.1) is 12.5 Å². The van der Waals surface area contributed by atoms with Crippen LogP contribution >= 0.6 is 0 Å². The standard InChI is InChI=1S/C24H36N4O7/c1-13(2)10-17(26-21(31)16(25)11-15-8-6-5-7-9-15)22(32)28-20(14(3)4)23(33)27-18(24(34)35)12-19(29)30/h5-9,13-14,16-18,20H,10-12,25H2,1-4H3,(H,26,31)(H,27,33)(H,28,32)(H,29,30)(H,34,35). The molecule has 0 fully saturated rings. The summed E-state index contributed by atoms with van der Waals surface area (Å²) in [5.74, 6) is -5.31. The molecule has 0 heterocycles. The number of rotatable bonds is 14. The number of carboxylic acid groups (broad SMARTS) is 2. The van der Waals surface area contributed by atoms with Gasteiger partial charge in [0.25, 0.3) is 0 Å². The first-order valence-electron chi connectivity index (χ1n) is 11.5. The molecule has 35 heavy (non-hydrogen) atoms. The maximum absolute atomic E-state index is 13.1. The largest absolute Gasteiger partial charge is 0.481 e. The van der Waals surface area contributed by atoms with E-state index in [4.69, 9.17) is 10.8 Å². The third-order valence-electron chi connectivity index (χ3n) is 5.22.